The minimum absolute atomic E-state index is 0.00934. The summed E-state index contributed by atoms with van der Waals surface area (Å²) < 4.78 is 35.1. The van der Waals surface area contributed by atoms with Crippen molar-refractivity contribution in [2.45, 2.75) is 54.6 Å². The summed E-state index contributed by atoms with van der Waals surface area (Å²) in [7, 11) is 4.51. The number of benzene rings is 3. The number of amides is 2. The molecule has 4 heterocycles. The van der Waals surface area contributed by atoms with Crippen molar-refractivity contribution in [3.63, 3.8) is 0 Å². The van der Waals surface area contributed by atoms with Crippen LogP contribution in [-0.2, 0) is 36.1 Å². The first-order valence-corrected chi connectivity index (χ1v) is 18.7. The van der Waals surface area contributed by atoms with E-state index in [0.29, 0.717) is 28.1 Å². The number of aryl methyl sites for hydroxylation is 2. The van der Waals surface area contributed by atoms with Crippen LogP contribution in [0, 0.1) is 5.82 Å². The topological polar surface area (TPSA) is 169 Å². The van der Waals surface area contributed by atoms with Crippen LogP contribution in [0.2, 0.25) is 0 Å². The molecule has 296 valence electrons. The van der Waals surface area contributed by atoms with Crippen LogP contribution in [0.3, 0.4) is 0 Å². The molecule has 18 heteroatoms. The number of carbonyl (C=O) groups is 2. The highest BCUT2D eigenvalue weighted by molar-refractivity contribution is 6.58. The van der Waals surface area contributed by atoms with Crippen molar-refractivity contribution in [3.05, 3.63) is 115 Å². The molecule has 2 aromatic heterocycles. The van der Waals surface area contributed by atoms with E-state index in [2.05, 4.69) is 4.98 Å². The van der Waals surface area contributed by atoms with Crippen LogP contribution in [0.25, 0.3) is 11.0 Å². The molecule has 4 unspecified atom stereocenters. The Morgan fingerprint density at radius 1 is 0.947 bits per heavy atom. The molecule has 0 bridgehead atoms. The lowest BCUT2D eigenvalue weighted by Gasteiger charge is -2.49. The van der Waals surface area contributed by atoms with Crippen molar-refractivity contribution in [3.8, 4) is 23.0 Å². The van der Waals surface area contributed by atoms with Gasteiger partial charge < -0.3 is 23.9 Å². The lowest BCUT2D eigenvalue weighted by Crippen LogP contribution is -2.59. The highest BCUT2D eigenvalue weighted by Crippen LogP contribution is 2.65. The van der Waals surface area contributed by atoms with Crippen LogP contribution in [0.15, 0.2) is 80.6 Å². The van der Waals surface area contributed by atoms with Gasteiger partial charge in [0.15, 0.2) is 32.7 Å². The smallest absolute Gasteiger partial charge is 0.347 e. The number of rotatable bonds is 9. The van der Waals surface area contributed by atoms with Gasteiger partial charge in [-0.05, 0) is 42.8 Å². The van der Waals surface area contributed by atoms with E-state index in [0.717, 1.165) is 21.6 Å². The fraction of sp³-hybridized carbons (Fsp3) is 0.333. The molecule has 3 aliphatic rings. The van der Waals surface area contributed by atoms with Crippen LogP contribution in [0.5, 0.6) is 23.0 Å². The molecule has 1 saturated heterocycles. The quantitative estimate of drug-likeness (QED) is 0.131. The second-order valence-electron chi connectivity index (χ2n) is 13.9. The van der Waals surface area contributed by atoms with Crippen molar-refractivity contribution in [1.82, 2.24) is 23.5 Å². The number of alkyl halides is 2. The number of methoxy groups -OCH3 is 2. The third kappa shape index (κ3) is 5.36. The number of allylic oxidation sites excluding steroid dienone is 2. The second-order valence-corrected chi connectivity index (χ2v) is 15.2. The zero-order chi connectivity index (χ0) is 40.7. The lowest BCUT2D eigenvalue weighted by atomic mass is 9.64. The SMILES string of the molecule is CCOc1cccc(C2C3=CCn4c(=O)n(CCc5nc6cc(OC)c(OC)cc6n(C)c5=O)c(=O)n4C3CC3(Cl)C(=O)N(c4ccc(F)cc4)C(=O)C23Cl)c1O. The Bertz CT molecular complexity index is 2740. The first-order valence-electron chi connectivity index (χ1n) is 17.9. The number of para-hydroxylation sites is 1. The summed E-state index contributed by atoms with van der Waals surface area (Å²) in [5.41, 5.74) is -0.494. The average molecular weight is 822 g/mol. The highest BCUT2D eigenvalue weighted by atomic mass is 35.5. The summed E-state index contributed by atoms with van der Waals surface area (Å²) in [6.45, 7) is 1.51. The Kier molecular flexibility index (Phi) is 9.11. The van der Waals surface area contributed by atoms with Gasteiger partial charge in [0.2, 0.25) is 0 Å². The molecule has 2 amide bonds. The molecule has 8 rings (SSSR count). The monoisotopic (exact) mass is 820 g/mol. The molecule has 0 radical (unpaired) electrons. The molecule has 1 aliphatic carbocycles. The van der Waals surface area contributed by atoms with Gasteiger partial charge >= 0.3 is 11.4 Å². The number of phenolic OH excluding ortho intramolecular Hbond substituents is 1. The molecule has 4 atom stereocenters. The van der Waals surface area contributed by atoms with Crippen molar-refractivity contribution >= 4 is 51.7 Å². The van der Waals surface area contributed by atoms with E-state index < -0.39 is 62.7 Å². The number of anilines is 1. The maximum atomic E-state index is 14.6. The number of hydrogen-bond acceptors (Lipinski definition) is 10. The molecular weight excluding hydrogens is 786 g/mol. The molecule has 15 nitrogen and oxygen atoms in total. The predicted octanol–water partition coefficient (Wildman–Crippen LogP) is 3.76. The van der Waals surface area contributed by atoms with Crippen molar-refractivity contribution in [1.29, 1.82) is 0 Å². The normalized spacial score (nSPS) is 22.6. The predicted molar refractivity (Wildman–Crippen MR) is 207 cm³/mol. The third-order valence-corrected chi connectivity index (χ3v) is 12.5. The third-order valence-electron chi connectivity index (χ3n) is 11.1. The van der Waals surface area contributed by atoms with E-state index in [1.165, 1.54) is 52.4 Å². The van der Waals surface area contributed by atoms with Crippen LogP contribution in [0.4, 0.5) is 10.1 Å². The van der Waals surface area contributed by atoms with Gasteiger partial charge in [-0.15, -0.1) is 23.2 Å². The van der Waals surface area contributed by atoms with Crippen molar-refractivity contribution in [2.24, 2.45) is 7.05 Å². The first kappa shape index (κ1) is 38.0. The number of aromatic nitrogens is 5. The lowest BCUT2D eigenvalue weighted by molar-refractivity contribution is -0.122. The number of phenols is 1. The van der Waals surface area contributed by atoms with Crippen molar-refractivity contribution in [2.75, 3.05) is 25.7 Å². The van der Waals surface area contributed by atoms with E-state index >= 15 is 0 Å². The molecule has 2 aliphatic heterocycles. The van der Waals surface area contributed by atoms with Crippen LogP contribution < -0.4 is 36.0 Å². The summed E-state index contributed by atoms with van der Waals surface area (Å²) in [5.74, 6) is -3.29. The number of fused-ring (bicyclic) bond motifs is 5. The molecule has 1 saturated carbocycles. The first-order chi connectivity index (χ1) is 27.2. The number of halogens is 3. The molecule has 57 heavy (non-hydrogen) atoms. The van der Waals surface area contributed by atoms with Crippen LogP contribution in [-0.4, -0.2) is 71.0 Å². The number of nitrogens with zero attached hydrogens (tertiary/aromatic N) is 6. The Labute approximate surface area is 332 Å². The van der Waals surface area contributed by atoms with Gasteiger partial charge in [0.25, 0.3) is 17.4 Å². The molecule has 0 spiro atoms. The minimum atomic E-state index is -2.28. The van der Waals surface area contributed by atoms with E-state index in [4.69, 9.17) is 37.4 Å². The summed E-state index contributed by atoms with van der Waals surface area (Å²) in [5, 5.41) is 11.6. The van der Waals surface area contributed by atoms with E-state index in [-0.39, 0.29) is 54.6 Å². The molecule has 3 aromatic carbocycles. The summed E-state index contributed by atoms with van der Waals surface area (Å²) in [4.78, 5) is 71.8. The number of imide groups is 1. The number of carbonyl (C=O) groups excluding carboxylic acids is 2. The van der Waals surface area contributed by atoms with Crippen molar-refractivity contribution < 1.29 is 33.3 Å². The van der Waals surface area contributed by atoms with Gasteiger partial charge in [-0.3, -0.25) is 14.4 Å². The minimum Gasteiger partial charge on any atom is -0.504 e. The van der Waals surface area contributed by atoms with E-state index in [1.54, 1.807) is 38.2 Å². The van der Waals surface area contributed by atoms with Crippen LogP contribution >= 0.6 is 23.2 Å². The van der Waals surface area contributed by atoms with Gasteiger partial charge in [0.1, 0.15) is 11.5 Å². The number of aromatic hydroxyl groups is 1. The Morgan fingerprint density at radius 3 is 2.33 bits per heavy atom. The Morgan fingerprint density at radius 2 is 1.65 bits per heavy atom. The molecule has 2 fully saturated rings. The second kappa shape index (κ2) is 13.7. The Hall–Kier alpha value is -5.87. The van der Waals surface area contributed by atoms with Crippen LogP contribution in [0.1, 0.15) is 36.6 Å². The zero-order valence-electron chi connectivity index (χ0n) is 31.0. The molecular formula is C39H35Cl2FN6O9. The fourth-order valence-electron chi connectivity index (χ4n) is 8.38. The zero-order valence-corrected chi connectivity index (χ0v) is 32.5. The van der Waals surface area contributed by atoms with Gasteiger partial charge in [-0.1, -0.05) is 18.2 Å². The fourth-order valence-corrected chi connectivity index (χ4v) is 9.29. The van der Waals surface area contributed by atoms with E-state index in [1.807, 2.05) is 0 Å². The number of hydrogen-bond donors (Lipinski definition) is 1. The van der Waals surface area contributed by atoms with Gasteiger partial charge in [-0.2, -0.15) is 0 Å². The van der Waals surface area contributed by atoms with Gasteiger partial charge in [0.05, 0.1) is 50.1 Å². The largest absolute Gasteiger partial charge is 0.504 e. The maximum absolute atomic E-state index is 14.6. The summed E-state index contributed by atoms with van der Waals surface area (Å²) in [6.07, 6.45) is 1.11. The Balaban J connectivity index is 1.24. The standard InChI is InChI=1S/C39H35Cl2FN6O9/c1-5-57-28-8-6-7-23(32(28)49)31-22-13-16-46-36(53)45(15-14-24-33(50)44(2)26-18-30(56-4)29(55-3)17-25(26)43-24)37(54)48(46)27(22)19-38(40)34(51)47(35(52)39(31,38)41)21-11-9-20(42)10-12-21/h6-13,17-18,27,31,49H,5,14-16,19H2,1-4H3. The maximum Gasteiger partial charge on any atom is 0.347 e. The van der Waals surface area contributed by atoms with E-state index in [9.17, 15) is 33.5 Å². The summed E-state index contributed by atoms with van der Waals surface area (Å²) >= 11 is 14.8. The summed E-state index contributed by atoms with van der Waals surface area (Å²) in [6, 6.07) is 11.4. The van der Waals surface area contributed by atoms with Gasteiger partial charge in [0, 0.05) is 50.0 Å². The van der Waals surface area contributed by atoms with Gasteiger partial charge in [-0.25, -0.2) is 37.8 Å². The molecule has 1 N–H and O–H groups in total. The number of ether oxygens (including phenoxy) is 3. The molecule has 5 aromatic rings. The highest BCUT2D eigenvalue weighted by Gasteiger charge is 2.76. The average Bonchev–Trinajstić information content (AvgIpc) is 3.53.